The lowest BCUT2D eigenvalue weighted by Gasteiger charge is -2.33. The molecule has 1 aliphatic heterocycles. The van der Waals surface area contributed by atoms with Crippen molar-refractivity contribution in [3.05, 3.63) is 70.3 Å². The van der Waals surface area contributed by atoms with Crippen LogP contribution < -0.4 is 0 Å². The summed E-state index contributed by atoms with van der Waals surface area (Å²) >= 11 is 0. The van der Waals surface area contributed by atoms with Crippen molar-refractivity contribution in [2.24, 2.45) is 0 Å². The monoisotopic (exact) mass is 448 g/mol. The van der Waals surface area contributed by atoms with Gasteiger partial charge in [-0.2, -0.15) is 0 Å². The number of hydrogen-bond acceptors (Lipinski definition) is 2. The predicted molar refractivity (Wildman–Crippen MR) is 138 cm³/mol. The van der Waals surface area contributed by atoms with Crippen LogP contribution >= 0.6 is 0 Å². The van der Waals surface area contributed by atoms with Gasteiger partial charge >= 0.3 is 0 Å². The zero-order valence-corrected chi connectivity index (χ0v) is 21.0. The van der Waals surface area contributed by atoms with E-state index in [2.05, 4.69) is 56.3 Å². The summed E-state index contributed by atoms with van der Waals surface area (Å²) in [6.07, 6.45) is 15.3. The zero-order chi connectivity index (χ0) is 22.9. The van der Waals surface area contributed by atoms with Gasteiger partial charge in [0.15, 0.2) is 6.29 Å². The fourth-order valence-corrected chi connectivity index (χ4v) is 5.60. The summed E-state index contributed by atoms with van der Waals surface area (Å²) in [6.45, 7) is 6.03. The third-order valence-electron chi connectivity index (χ3n) is 7.67. The predicted octanol–water partition coefficient (Wildman–Crippen LogP) is 8.64. The topological polar surface area (TPSA) is 18.5 Å². The van der Waals surface area contributed by atoms with E-state index in [0.29, 0.717) is 11.8 Å². The highest BCUT2D eigenvalue weighted by Crippen LogP contribution is 2.39. The van der Waals surface area contributed by atoms with Crippen LogP contribution in [0.5, 0.6) is 0 Å². The molecule has 2 fully saturated rings. The van der Waals surface area contributed by atoms with E-state index in [1.54, 1.807) is 5.56 Å². The van der Waals surface area contributed by atoms with Crippen molar-refractivity contribution in [1.82, 2.24) is 0 Å². The van der Waals surface area contributed by atoms with Crippen LogP contribution in [0.25, 0.3) is 0 Å². The summed E-state index contributed by atoms with van der Waals surface area (Å²) in [5, 5.41) is 0. The van der Waals surface area contributed by atoms with Gasteiger partial charge in [-0.3, -0.25) is 0 Å². The average Bonchev–Trinajstić information content (AvgIpc) is 2.88. The fraction of sp³-hybridized carbons (Fsp3) is 0.613. The molecule has 33 heavy (non-hydrogen) atoms. The van der Waals surface area contributed by atoms with E-state index in [1.165, 1.54) is 93.7 Å². The Morgan fingerprint density at radius 1 is 0.667 bits per heavy atom. The molecule has 2 aromatic carbocycles. The van der Waals surface area contributed by atoms with Crippen LogP contribution in [0.2, 0.25) is 0 Å². The van der Waals surface area contributed by atoms with Crippen LogP contribution in [0.15, 0.2) is 42.5 Å². The second-order valence-electron chi connectivity index (χ2n) is 10.3. The molecular formula is C31H44O2. The fourth-order valence-electron chi connectivity index (χ4n) is 5.60. The van der Waals surface area contributed by atoms with Gasteiger partial charge in [0.1, 0.15) is 0 Å². The molecule has 0 amide bonds. The van der Waals surface area contributed by atoms with Crippen LogP contribution in [0.3, 0.4) is 0 Å². The third kappa shape index (κ3) is 6.70. The van der Waals surface area contributed by atoms with E-state index in [-0.39, 0.29) is 6.29 Å². The normalized spacial score (nSPS) is 21.9. The minimum atomic E-state index is -0.229. The summed E-state index contributed by atoms with van der Waals surface area (Å²) in [5.41, 5.74) is 7.15. The molecule has 1 saturated carbocycles. The molecule has 0 unspecified atom stereocenters. The highest BCUT2D eigenvalue weighted by Gasteiger charge is 2.28. The molecule has 2 aromatic rings. The van der Waals surface area contributed by atoms with E-state index < -0.39 is 0 Å². The van der Waals surface area contributed by atoms with Gasteiger partial charge in [0.25, 0.3) is 0 Å². The second-order valence-corrected chi connectivity index (χ2v) is 10.3. The summed E-state index contributed by atoms with van der Waals surface area (Å²) < 4.78 is 12.6. The van der Waals surface area contributed by atoms with Gasteiger partial charge in [0, 0.05) is 11.5 Å². The van der Waals surface area contributed by atoms with Gasteiger partial charge in [-0.25, -0.2) is 0 Å². The number of aryl methyl sites for hydroxylation is 2. The first kappa shape index (κ1) is 24.5. The van der Waals surface area contributed by atoms with Crippen molar-refractivity contribution in [1.29, 1.82) is 0 Å². The molecule has 0 radical (unpaired) electrons. The highest BCUT2D eigenvalue weighted by molar-refractivity contribution is 5.38. The molecule has 4 rings (SSSR count). The Morgan fingerprint density at radius 2 is 1.33 bits per heavy atom. The van der Waals surface area contributed by atoms with Crippen LogP contribution in [0.1, 0.15) is 124 Å². The molecule has 0 bridgehead atoms. The van der Waals surface area contributed by atoms with Gasteiger partial charge in [-0.1, -0.05) is 94.8 Å². The molecule has 2 aliphatic rings. The number of rotatable bonds is 10. The van der Waals surface area contributed by atoms with Gasteiger partial charge in [-0.15, -0.1) is 0 Å². The smallest absolute Gasteiger partial charge is 0.183 e. The lowest BCUT2D eigenvalue weighted by atomic mass is 9.78. The lowest BCUT2D eigenvalue weighted by molar-refractivity contribution is -0.191. The molecule has 2 heteroatoms. The van der Waals surface area contributed by atoms with E-state index in [1.807, 2.05) is 0 Å². The van der Waals surface area contributed by atoms with E-state index in [0.717, 1.165) is 18.8 Å². The van der Waals surface area contributed by atoms with Gasteiger partial charge < -0.3 is 9.47 Å². The number of benzene rings is 2. The van der Waals surface area contributed by atoms with Crippen molar-refractivity contribution in [3.8, 4) is 0 Å². The van der Waals surface area contributed by atoms with E-state index in [9.17, 15) is 0 Å². The van der Waals surface area contributed by atoms with Gasteiger partial charge in [-0.05, 0) is 66.7 Å². The molecule has 2 nitrogen and oxygen atoms in total. The number of ether oxygens (including phenoxy) is 2. The van der Waals surface area contributed by atoms with E-state index >= 15 is 0 Å². The van der Waals surface area contributed by atoms with Crippen LogP contribution in [-0.4, -0.2) is 13.2 Å². The quantitative estimate of drug-likeness (QED) is 0.339. The van der Waals surface area contributed by atoms with Crippen molar-refractivity contribution < 1.29 is 9.47 Å². The minimum Gasteiger partial charge on any atom is -0.348 e. The molecular weight excluding hydrogens is 404 g/mol. The Bertz CT molecular complexity index is 827. The van der Waals surface area contributed by atoms with E-state index in [4.69, 9.17) is 9.47 Å². The van der Waals surface area contributed by atoms with Crippen molar-refractivity contribution in [2.45, 2.75) is 109 Å². The molecule has 0 atom stereocenters. The molecule has 0 spiro atoms. The molecule has 1 heterocycles. The molecule has 0 aromatic heterocycles. The van der Waals surface area contributed by atoms with Crippen LogP contribution in [0.4, 0.5) is 0 Å². The first-order chi connectivity index (χ1) is 16.3. The maximum atomic E-state index is 6.28. The Hall–Kier alpha value is -1.64. The summed E-state index contributed by atoms with van der Waals surface area (Å²) in [5.74, 6) is 1.06. The highest BCUT2D eigenvalue weighted by atomic mass is 16.7. The Balaban J connectivity index is 1.41. The number of hydrogen-bond donors (Lipinski definition) is 0. The van der Waals surface area contributed by atoms with Crippen molar-refractivity contribution in [2.75, 3.05) is 13.2 Å². The Labute approximate surface area is 202 Å². The lowest BCUT2D eigenvalue weighted by Crippen LogP contribution is -2.27. The molecule has 180 valence electrons. The second kappa shape index (κ2) is 12.7. The van der Waals surface area contributed by atoms with Gasteiger partial charge in [0.05, 0.1) is 13.2 Å². The van der Waals surface area contributed by atoms with Crippen molar-refractivity contribution >= 4 is 0 Å². The average molecular weight is 449 g/mol. The van der Waals surface area contributed by atoms with Crippen LogP contribution in [0, 0.1) is 0 Å². The van der Waals surface area contributed by atoms with Crippen molar-refractivity contribution in [3.63, 3.8) is 0 Å². The largest absolute Gasteiger partial charge is 0.348 e. The first-order valence-electron chi connectivity index (χ1n) is 13.7. The SMILES string of the molecule is CCCCCc1ccc([C@H]2OC[C@H](c3ccc(CCCC)cc3C3CCCCC3)CO2)cc1. The van der Waals surface area contributed by atoms with Crippen LogP contribution in [-0.2, 0) is 22.3 Å². The van der Waals surface area contributed by atoms with Gasteiger partial charge in [0.2, 0.25) is 0 Å². The summed E-state index contributed by atoms with van der Waals surface area (Å²) in [7, 11) is 0. The zero-order valence-electron chi connectivity index (χ0n) is 21.0. The molecule has 1 saturated heterocycles. The standard InChI is InChI=1S/C31H44O2/c1-3-5-8-12-24-15-18-27(19-16-24)31-32-22-28(23-33-31)29-20-17-25(11-6-4-2)21-30(29)26-13-9-7-10-14-26/h15-21,26,28,31H,3-14,22-23H2,1-2H3/t28-,31-. The third-order valence-corrected chi connectivity index (χ3v) is 7.67. The first-order valence-corrected chi connectivity index (χ1v) is 13.7. The molecule has 0 N–H and O–H groups in total. The Morgan fingerprint density at radius 3 is 2.03 bits per heavy atom. The summed E-state index contributed by atoms with van der Waals surface area (Å²) in [4.78, 5) is 0. The number of unbranched alkanes of at least 4 members (excludes halogenated alkanes) is 3. The minimum absolute atomic E-state index is 0.229. The Kier molecular flexibility index (Phi) is 9.44. The maximum absolute atomic E-state index is 6.28. The summed E-state index contributed by atoms with van der Waals surface area (Å²) in [6, 6.07) is 16.2. The maximum Gasteiger partial charge on any atom is 0.183 e. The molecule has 1 aliphatic carbocycles.